The third kappa shape index (κ3) is 6.20. The van der Waals surface area contributed by atoms with Gasteiger partial charge < -0.3 is 14.6 Å². The van der Waals surface area contributed by atoms with Crippen molar-refractivity contribution in [2.75, 3.05) is 31.5 Å². The molecule has 0 aliphatic carbocycles. The molecular formula is C19H23F3N4O3. The number of amides is 1. The Morgan fingerprint density at radius 2 is 1.90 bits per heavy atom. The van der Waals surface area contributed by atoms with E-state index < -0.39 is 6.36 Å². The lowest BCUT2D eigenvalue weighted by atomic mass is 10.2. The normalized spacial score (nSPS) is 17.1. The number of benzene rings is 1. The van der Waals surface area contributed by atoms with E-state index in [0.717, 1.165) is 49.8 Å². The summed E-state index contributed by atoms with van der Waals surface area (Å²) in [5, 5.41) is 6.73. The number of aromatic nitrogens is 1. The number of nitrogens with zero attached hydrogens (tertiary/aromatic N) is 3. The highest BCUT2D eigenvalue weighted by Gasteiger charge is 2.31. The molecule has 1 N–H and O–H groups in total. The average molecular weight is 412 g/mol. The van der Waals surface area contributed by atoms with Gasteiger partial charge in [0, 0.05) is 44.5 Å². The zero-order valence-corrected chi connectivity index (χ0v) is 16.2. The van der Waals surface area contributed by atoms with Gasteiger partial charge in [0.15, 0.2) is 0 Å². The molecule has 2 aromatic rings. The number of carbonyl (C=O) groups is 1. The van der Waals surface area contributed by atoms with Crippen LogP contribution in [0.2, 0.25) is 0 Å². The summed E-state index contributed by atoms with van der Waals surface area (Å²) in [6, 6.07) is 6.63. The van der Waals surface area contributed by atoms with Crippen molar-refractivity contribution in [3.05, 3.63) is 41.8 Å². The lowest BCUT2D eigenvalue weighted by Crippen LogP contribution is -2.52. The van der Waals surface area contributed by atoms with E-state index in [1.165, 1.54) is 12.1 Å². The first-order chi connectivity index (χ1) is 13.7. The van der Waals surface area contributed by atoms with Crippen LogP contribution in [0.25, 0.3) is 0 Å². The van der Waals surface area contributed by atoms with Gasteiger partial charge in [-0.05, 0) is 38.1 Å². The number of carbonyl (C=O) groups excluding carboxylic acids is 1. The molecule has 1 aromatic carbocycles. The van der Waals surface area contributed by atoms with Crippen molar-refractivity contribution in [2.24, 2.45) is 0 Å². The molecule has 0 spiro atoms. The lowest BCUT2D eigenvalue weighted by molar-refractivity contribution is -0.274. The van der Waals surface area contributed by atoms with Gasteiger partial charge in [0.05, 0.1) is 11.7 Å². The van der Waals surface area contributed by atoms with Crippen LogP contribution in [0.3, 0.4) is 0 Å². The molecule has 0 unspecified atom stereocenters. The molecule has 10 heteroatoms. The monoisotopic (exact) mass is 412 g/mol. The number of hydrogen-bond acceptors (Lipinski definition) is 6. The predicted molar refractivity (Wildman–Crippen MR) is 99.3 cm³/mol. The minimum Gasteiger partial charge on any atom is -0.406 e. The van der Waals surface area contributed by atoms with Crippen molar-refractivity contribution >= 4 is 11.6 Å². The molecule has 1 aliphatic heterocycles. The van der Waals surface area contributed by atoms with Crippen LogP contribution < -0.4 is 10.1 Å². The minimum absolute atomic E-state index is 0.213. The first-order valence-electron chi connectivity index (χ1n) is 9.25. The summed E-state index contributed by atoms with van der Waals surface area (Å²) in [6.07, 6.45) is -4.74. The van der Waals surface area contributed by atoms with Crippen molar-refractivity contribution in [3.8, 4) is 5.75 Å². The molecule has 1 amide bonds. The van der Waals surface area contributed by atoms with Crippen LogP contribution in [0, 0.1) is 6.92 Å². The van der Waals surface area contributed by atoms with E-state index in [1.54, 1.807) is 0 Å². The number of alkyl halides is 3. The van der Waals surface area contributed by atoms with Crippen LogP contribution in [0.15, 0.2) is 34.9 Å². The van der Waals surface area contributed by atoms with E-state index in [4.69, 9.17) is 4.52 Å². The predicted octanol–water partition coefficient (Wildman–Crippen LogP) is 3.03. The Kier molecular flexibility index (Phi) is 6.43. The van der Waals surface area contributed by atoms with Gasteiger partial charge in [-0.1, -0.05) is 5.16 Å². The average Bonchev–Trinajstić information content (AvgIpc) is 3.07. The molecule has 1 atom stereocenters. The zero-order valence-electron chi connectivity index (χ0n) is 16.2. The van der Waals surface area contributed by atoms with Gasteiger partial charge in [-0.15, -0.1) is 13.2 Å². The molecule has 0 radical (unpaired) electrons. The van der Waals surface area contributed by atoms with Crippen molar-refractivity contribution in [1.82, 2.24) is 15.0 Å². The number of rotatable bonds is 6. The summed E-state index contributed by atoms with van der Waals surface area (Å²) in [6.45, 7) is 7.42. The Labute approximate surface area is 166 Å². The van der Waals surface area contributed by atoms with Gasteiger partial charge >= 0.3 is 6.36 Å². The van der Waals surface area contributed by atoms with Crippen LogP contribution in [-0.2, 0) is 11.3 Å². The minimum atomic E-state index is -4.74. The Balaban J connectivity index is 1.46. The highest BCUT2D eigenvalue weighted by Crippen LogP contribution is 2.24. The summed E-state index contributed by atoms with van der Waals surface area (Å²) in [7, 11) is 0. The topological polar surface area (TPSA) is 70.8 Å². The van der Waals surface area contributed by atoms with Crippen LogP contribution >= 0.6 is 0 Å². The van der Waals surface area contributed by atoms with Crippen LogP contribution in [0.1, 0.15) is 18.4 Å². The van der Waals surface area contributed by atoms with E-state index in [0.29, 0.717) is 12.2 Å². The molecule has 1 fully saturated rings. The van der Waals surface area contributed by atoms with E-state index in [1.807, 2.05) is 19.9 Å². The smallest absolute Gasteiger partial charge is 0.406 e. The van der Waals surface area contributed by atoms with Gasteiger partial charge in [0.25, 0.3) is 0 Å². The van der Waals surface area contributed by atoms with Gasteiger partial charge in [-0.25, -0.2) is 0 Å². The Bertz CT molecular complexity index is 815. The second-order valence-electron chi connectivity index (χ2n) is 6.98. The number of aryl methyl sites for hydroxylation is 1. The number of anilines is 1. The van der Waals surface area contributed by atoms with Gasteiger partial charge in [-0.2, -0.15) is 0 Å². The molecule has 1 aliphatic rings. The quantitative estimate of drug-likeness (QED) is 0.787. The fourth-order valence-electron chi connectivity index (χ4n) is 3.18. The van der Waals surface area contributed by atoms with Gasteiger partial charge in [0.2, 0.25) is 5.91 Å². The third-order valence-corrected chi connectivity index (χ3v) is 4.75. The number of hydrogen-bond donors (Lipinski definition) is 1. The molecule has 158 valence electrons. The van der Waals surface area contributed by atoms with Crippen molar-refractivity contribution in [3.63, 3.8) is 0 Å². The van der Waals surface area contributed by atoms with Gasteiger partial charge in [-0.3, -0.25) is 14.6 Å². The van der Waals surface area contributed by atoms with Crippen LogP contribution in [0.5, 0.6) is 5.75 Å². The van der Waals surface area contributed by atoms with E-state index in [9.17, 15) is 18.0 Å². The van der Waals surface area contributed by atoms with Crippen LogP contribution in [-0.4, -0.2) is 59.4 Å². The summed E-state index contributed by atoms with van der Waals surface area (Å²) in [4.78, 5) is 16.8. The molecule has 7 nitrogen and oxygen atoms in total. The number of halogens is 3. The highest BCUT2D eigenvalue weighted by atomic mass is 19.4. The number of ether oxygens (including phenoxy) is 1. The van der Waals surface area contributed by atoms with E-state index in [2.05, 4.69) is 25.0 Å². The third-order valence-electron chi connectivity index (χ3n) is 4.75. The fraction of sp³-hybridized carbons (Fsp3) is 0.474. The maximum Gasteiger partial charge on any atom is 0.573 e. The Morgan fingerprint density at radius 1 is 1.24 bits per heavy atom. The molecule has 3 rings (SSSR count). The standard InChI is InChI=1S/C19H23F3N4O3/c1-13-11-16(24-29-13)12-25-7-9-26(10-8-25)14(2)18(27)23-15-3-5-17(6-4-15)28-19(20,21)22/h3-6,11,14H,7-10,12H2,1-2H3,(H,23,27)/t14-/m1/s1. The molecule has 1 aromatic heterocycles. The van der Waals surface area contributed by atoms with E-state index in [-0.39, 0.29) is 17.7 Å². The second kappa shape index (κ2) is 8.83. The maximum atomic E-state index is 12.5. The molecule has 2 heterocycles. The highest BCUT2D eigenvalue weighted by molar-refractivity contribution is 5.94. The lowest BCUT2D eigenvalue weighted by Gasteiger charge is -2.37. The van der Waals surface area contributed by atoms with Crippen LogP contribution in [0.4, 0.5) is 18.9 Å². The summed E-state index contributed by atoms with van der Waals surface area (Å²) >= 11 is 0. The SMILES string of the molecule is Cc1cc(CN2CCN([C@H](C)C(=O)Nc3ccc(OC(F)(F)F)cc3)CC2)no1. The van der Waals surface area contributed by atoms with E-state index >= 15 is 0 Å². The summed E-state index contributed by atoms with van der Waals surface area (Å²) < 4.78 is 45.5. The van der Waals surface area contributed by atoms with Crippen molar-refractivity contribution in [2.45, 2.75) is 32.8 Å². The number of piperazine rings is 1. The summed E-state index contributed by atoms with van der Waals surface area (Å²) in [5.41, 5.74) is 1.30. The van der Waals surface area contributed by atoms with Gasteiger partial charge in [0.1, 0.15) is 11.5 Å². The second-order valence-corrected chi connectivity index (χ2v) is 6.98. The molecule has 1 saturated heterocycles. The molecule has 0 bridgehead atoms. The first-order valence-corrected chi connectivity index (χ1v) is 9.25. The zero-order chi connectivity index (χ0) is 21.0. The van der Waals surface area contributed by atoms with Crippen molar-refractivity contribution < 1.29 is 27.2 Å². The van der Waals surface area contributed by atoms with Crippen molar-refractivity contribution in [1.29, 1.82) is 0 Å². The largest absolute Gasteiger partial charge is 0.573 e. The fourth-order valence-corrected chi connectivity index (χ4v) is 3.18. The molecule has 0 saturated carbocycles. The molecule has 29 heavy (non-hydrogen) atoms. The maximum absolute atomic E-state index is 12.5. The number of nitrogens with one attached hydrogen (secondary N) is 1. The Hall–Kier alpha value is -2.59. The molecular weight excluding hydrogens is 389 g/mol. The summed E-state index contributed by atoms with van der Waals surface area (Å²) in [5.74, 6) is 0.235. The Morgan fingerprint density at radius 3 is 2.45 bits per heavy atom. The first kappa shape index (κ1) is 21.1.